The van der Waals surface area contributed by atoms with Crippen molar-refractivity contribution < 1.29 is 27.8 Å². The predicted octanol–water partition coefficient (Wildman–Crippen LogP) is 6.77. The van der Waals surface area contributed by atoms with Crippen LogP contribution in [0.5, 0.6) is 5.75 Å². The lowest BCUT2D eigenvalue weighted by molar-refractivity contribution is 0.0621. The Balaban J connectivity index is 0.00000260. The number of rotatable bonds is 11. The Morgan fingerprint density at radius 2 is 1.74 bits per heavy atom. The van der Waals surface area contributed by atoms with Gasteiger partial charge in [-0.25, -0.2) is 8.78 Å². The van der Waals surface area contributed by atoms with Gasteiger partial charge in [0.1, 0.15) is 17.7 Å². The smallest absolute Gasteiger partial charge is 0.254 e. The van der Waals surface area contributed by atoms with Crippen LogP contribution in [0, 0.1) is 5.82 Å². The van der Waals surface area contributed by atoms with Gasteiger partial charge in [0, 0.05) is 61.0 Å². The first kappa shape index (κ1) is 32.2. The fourth-order valence-corrected chi connectivity index (χ4v) is 4.62. The largest absolute Gasteiger partial charge is 0.493 e. The summed E-state index contributed by atoms with van der Waals surface area (Å²) in [6.45, 7) is 13.2. The summed E-state index contributed by atoms with van der Waals surface area (Å²) in [5, 5.41) is 0. The van der Waals surface area contributed by atoms with Crippen LogP contribution >= 0.6 is 0 Å². The monoisotopic (exact) mass is 546 g/mol. The van der Waals surface area contributed by atoms with Crippen molar-refractivity contribution in [2.75, 3.05) is 33.4 Å². The van der Waals surface area contributed by atoms with E-state index in [2.05, 4.69) is 0 Å². The van der Waals surface area contributed by atoms with Crippen LogP contribution in [0.3, 0.4) is 0 Å². The second-order valence-electron chi connectivity index (χ2n) is 9.80. The summed E-state index contributed by atoms with van der Waals surface area (Å²) >= 11 is 0. The van der Waals surface area contributed by atoms with E-state index < -0.39 is 12.0 Å². The van der Waals surface area contributed by atoms with Crippen molar-refractivity contribution in [3.05, 3.63) is 53.3 Å². The zero-order chi connectivity index (χ0) is 29.1. The Hall–Kier alpha value is -3.00. The Labute approximate surface area is 232 Å². The van der Waals surface area contributed by atoms with Gasteiger partial charge in [0.2, 0.25) is 0 Å². The fourth-order valence-electron chi connectivity index (χ4n) is 4.62. The van der Waals surface area contributed by atoms with Crippen molar-refractivity contribution in [3.63, 3.8) is 0 Å². The van der Waals surface area contributed by atoms with Crippen molar-refractivity contribution in [2.45, 2.75) is 79.1 Å². The van der Waals surface area contributed by atoms with Gasteiger partial charge in [-0.3, -0.25) is 9.59 Å². The molecular weight excluding hydrogens is 502 g/mol. The average Bonchev–Trinajstić information content (AvgIpc) is 3.38. The average molecular weight is 547 g/mol. The number of hydrogen-bond acceptors (Lipinski definition) is 4. The van der Waals surface area contributed by atoms with Gasteiger partial charge in [-0.05, 0) is 70.0 Å². The molecule has 1 heterocycles. The van der Waals surface area contributed by atoms with Crippen molar-refractivity contribution in [2.24, 2.45) is 0 Å². The highest BCUT2D eigenvalue weighted by molar-refractivity contribution is 5.97. The minimum absolute atomic E-state index is 0.00263. The van der Waals surface area contributed by atoms with Gasteiger partial charge in [-0.2, -0.15) is 0 Å². The molecule has 2 atom stereocenters. The topological polar surface area (TPSA) is 59.1 Å². The molecule has 3 rings (SSSR count). The SMILES string of the molecule is CC.CC[C@@H](C)N(C(=O)c1ccc(-c2cc(C(=O)N3CCC(F)C3)ccc2F)c(OCCCOC)c1)C(C)C. The lowest BCUT2D eigenvalue weighted by Crippen LogP contribution is -2.43. The molecule has 216 valence electrons. The predicted molar refractivity (Wildman–Crippen MR) is 152 cm³/mol. The van der Waals surface area contributed by atoms with Gasteiger partial charge in [0.05, 0.1) is 13.2 Å². The molecule has 6 nitrogen and oxygen atoms in total. The number of amides is 2. The molecule has 1 unspecified atom stereocenters. The van der Waals surface area contributed by atoms with E-state index in [1.54, 1.807) is 25.3 Å². The highest BCUT2D eigenvalue weighted by Gasteiger charge is 2.28. The molecule has 2 aromatic carbocycles. The lowest BCUT2D eigenvalue weighted by atomic mass is 9.98. The van der Waals surface area contributed by atoms with E-state index in [9.17, 15) is 14.0 Å². The number of alkyl halides is 1. The molecule has 39 heavy (non-hydrogen) atoms. The summed E-state index contributed by atoms with van der Waals surface area (Å²) in [6, 6.07) is 9.15. The molecule has 0 bridgehead atoms. The number of carbonyl (C=O) groups is 2. The van der Waals surface area contributed by atoms with Crippen LogP contribution in [0.4, 0.5) is 8.78 Å². The molecule has 1 aliphatic heterocycles. The van der Waals surface area contributed by atoms with Crippen LogP contribution < -0.4 is 4.74 Å². The number of nitrogens with zero attached hydrogens (tertiary/aromatic N) is 2. The second kappa shape index (κ2) is 15.6. The van der Waals surface area contributed by atoms with Crippen LogP contribution in [0.1, 0.15) is 81.5 Å². The Kier molecular flexibility index (Phi) is 12.8. The summed E-state index contributed by atoms with van der Waals surface area (Å²) in [7, 11) is 1.60. The maximum Gasteiger partial charge on any atom is 0.254 e. The van der Waals surface area contributed by atoms with Crippen LogP contribution in [0.25, 0.3) is 11.1 Å². The third-order valence-electron chi connectivity index (χ3n) is 6.76. The van der Waals surface area contributed by atoms with E-state index >= 15 is 4.39 Å². The molecule has 2 amide bonds. The molecule has 1 aliphatic rings. The van der Waals surface area contributed by atoms with Gasteiger partial charge in [0.25, 0.3) is 11.8 Å². The molecular formula is C31H44F2N2O4. The minimum atomic E-state index is -1.04. The molecule has 0 spiro atoms. The number of likely N-dealkylation sites (tertiary alicyclic amines) is 1. The summed E-state index contributed by atoms with van der Waals surface area (Å²) in [5.74, 6) is -0.636. The Morgan fingerprint density at radius 1 is 1.05 bits per heavy atom. The molecule has 1 saturated heterocycles. The quantitative estimate of drug-likeness (QED) is 0.292. The number of methoxy groups -OCH3 is 1. The van der Waals surface area contributed by atoms with Crippen LogP contribution in [-0.4, -0.2) is 73.3 Å². The fraction of sp³-hybridized carbons (Fsp3) is 0.548. The van der Waals surface area contributed by atoms with E-state index in [4.69, 9.17) is 9.47 Å². The third-order valence-corrected chi connectivity index (χ3v) is 6.76. The van der Waals surface area contributed by atoms with Gasteiger partial charge in [0.15, 0.2) is 0 Å². The van der Waals surface area contributed by atoms with E-state index in [0.717, 1.165) is 6.42 Å². The number of hydrogen-bond donors (Lipinski definition) is 0. The van der Waals surface area contributed by atoms with Gasteiger partial charge < -0.3 is 19.3 Å². The maximum atomic E-state index is 15.1. The van der Waals surface area contributed by atoms with Crippen LogP contribution in [0.15, 0.2) is 36.4 Å². The second-order valence-corrected chi connectivity index (χ2v) is 9.80. The van der Waals surface area contributed by atoms with E-state index in [1.165, 1.54) is 23.1 Å². The van der Waals surface area contributed by atoms with Crippen molar-refractivity contribution >= 4 is 11.8 Å². The summed E-state index contributed by atoms with van der Waals surface area (Å²) in [5.41, 5.74) is 1.34. The molecule has 8 heteroatoms. The normalized spacial score (nSPS) is 15.5. The first-order chi connectivity index (χ1) is 18.7. The van der Waals surface area contributed by atoms with Crippen molar-refractivity contribution in [1.29, 1.82) is 0 Å². The van der Waals surface area contributed by atoms with Gasteiger partial charge >= 0.3 is 0 Å². The number of halogens is 2. The lowest BCUT2D eigenvalue weighted by Gasteiger charge is -2.32. The van der Waals surface area contributed by atoms with E-state index in [0.29, 0.717) is 49.5 Å². The first-order valence-corrected chi connectivity index (χ1v) is 14.0. The number of carbonyl (C=O) groups excluding carboxylic acids is 2. The molecule has 1 fully saturated rings. The minimum Gasteiger partial charge on any atom is -0.493 e. The molecule has 0 N–H and O–H groups in total. The summed E-state index contributed by atoms with van der Waals surface area (Å²) in [6.07, 6.45) is 0.689. The molecule has 2 aromatic rings. The maximum absolute atomic E-state index is 15.1. The highest BCUT2D eigenvalue weighted by atomic mass is 19.1. The van der Waals surface area contributed by atoms with Gasteiger partial charge in [-0.1, -0.05) is 20.8 Å². The zero-order valence-corrected chi connectivity index (χ0v) is 24.4. The number of benzene rings is 2. The summed E-state index contributed by atoms with van der Waals surface area (Å²) in [4.78, 5) is 29.7. The van der Waals surface area contributed by atoms with Gasteiger partial charge in [-0.15, -0.1) is 0 Å². The van der Waals surface area contributed by atoms with Crippen molar-refractivity contribution in [3.8, 4) is 16.9 Å². The Morgan fingerprint density at radius 3 is 2.33 bits per heavy atom. The van der Waals surface area contributed by atoms with Crippen LogP contribution in [0.2, 0.25) is 0 Å². The van der Waals surface area contributed by atoms with Crippen LogP contribution in [-0.2, 0) is 4.74 Å². The standard InChI is InChI=1S/C29H38F2N2O4.C2H6/c1-6-20(4)33(19(2)3)29(35)22-8-10-24(27(17-22)37-15-7-14-36-5)25-16-21(9-11-26(25)31)28(34)32-13-12-23(30)18-32;1-2/h8-11,16-17,19-20,23H,6-7,12-15,18H2,1-5H3;1-2H3/t20-,23?;/m1./s1. The first-order valence-electron chi connectivity index (χ1n) is 14.0. The highest BCUT2D eigenvalue weighted by Crippen LogP contribution is 2.35. The third kappa shape index (κ3) is 8.24. The molecule has 0 saturated carbocycles. The molecule has 0 radical (unpaired) electrons. The van der Waals surface area contributed by atoms with E-state index in [-0.39, 0.29) is 41.6 Å². The molecule has 0 aromatic heterocycles. The number of ether oxygens (including phenoxy) is 2. The molecule has 0 aliphatic carbocycles. The Bertz CT molecular complexity index is 1090. The zero-order valence-electron chi connectivity index (χ0n) is 24.4. The van der Waals surface area contributed by atoms with E-state index in [1.807, 2.05) is 46.4 Å². The summed E-state index contributed by atoms with van der Waals surface area (Å²) < 4.78 is 39.9. The van der Waals surface area contributed by atoms with Crippen molar-refractivity contribution in [1.82, 2.24) is 9.80 Å².